The molecule has 0 unspecified atom stereocenters. The topological polar surface area (TPSA) is 40.6 Å². The van der Waals surface area contributed by atoms with Crippen LogP contribution in [-0.2, 0) is 11.2 Å². The highest BCUT2D eigenvalue weighted by atomic mass is 35.5. The molecule has 4 nitrogen and oxygen atoms in total. The van der Waals surface area contributed by atoms with Crippen LogP contribution < -0.4 is 0 Å². The molecule has 0 saturated carbocycles. The number of piperazine rings is 1. The second-order valence-corrected chi connectivity index (χ2v) is 7.67. The Hall–Kier alpha value is -1.85. The van der Waals surface area contributed by atoms with Crippen molar-refractivity contribution in [2.75, 3.05) is 26.2 Å². The molecule has 1 aliphatic rings. The number of halogens is 1. The maximum atomic E-state index is 12.6. The van der Waals surface area contributed by atoms with Gasteiger partial charge in [-0.3, -0.25) is 9.59 Å². The maximum absolute atomic E-state index is 12.6. The van der Waals surface area contributed by atoms with E-state index in [1.165, 1.54) is 11.3 Å². The third-order valence-corrected chi connectivity index (χ3v) is 5.48. The lowest BCUT2D eigenvalue weighted by Gasteiger charge is -2.35. The lowest BCUT2D eigenvalue weighted by atomic mass is 10.1. The van der Waals surface area contributed by atoms with Crippen molar-refractivity contribution in [3.8, 4) is 0 Å². The average molecular weight is 363 g/mol. The minimum absolute atomic E-state index is 0.0465. The Morgan fingerprint density at radius 3 is 2.33 bits per heavy atom. The van der Waals surface area contributed by atoms with Gasteiger partial charge in [-0.25, -0.2) is 0 Å². The number of thiophene rings is 1. The molecule has 6 heteroatoms. The van der Waals surface area contributed by atoms with E-state index in [4.69, 9.17) is 11.6 Å². The molecule has 1 fully saturated rings. The van der Waals surface area contributed by atoms with E-state index in [9.17, 15) is 9.59 Å². The van der Waals surface area contributed by atoms with Gasteiger partial charge in [0, 0.05) is 36.6 Å². The molecule has 1 aromatic carbocycles. The molecule has 1 aromatic heterocycles. The van der Waals surface area contributed by atoms with E-state index in [0.717, 1.165) is 16.0 Å². The third kappa shape index (κ3) is 3.79. The Morgan fingerprint density at radius 1 is 1.04 bits per heavy atom. The summed E-state index contributed by atoms with van der Waals surface area (Å²) in [7, 11) is 0. The van der Waals surface area contributed by atoms with Crippen LogP contribution in [0, 0.1) is 6.92 Å². The van der Waals surface area contributed by atoms with Crippen molar-refractivity contribution in [3.05, 3.63) is 56.7 Å². The van der Waals surface area contributed by atoms with Gasteiger partial charge < -0.3 is 9.80 Å². The fourth-order valence-electron chi connectivity index (χ4n) is 2.85. The van der Waals surface area contributed by atoms with Gasteiger partial charge in [0.05, 0.1) is 10.8 Å². The first kappa shape index (κ1) is 17.0. The Kier molecular flexibility index (Phi) is 5.21. The number of nitrogens with zero attached hydrogens (tertiary/aromatic N) is 2. The minimum atomic E-state index is 0.0465. The van der Waals surface area contributed by atoms with E-state index in [1.54, 1.807) is 0 Å². The highest BCUT2D eigenvalue weighted by molar-refractivity contribution is 7.16. The maximum Gasteiger partial charge on any atom is 0.254 e. The smallest absolute Gasteiger partial charge is 0.254 e. The highest BCUT2D eigenvalue weighted by Crippen LogP contribution is 2.22. The Labute approximate surface area is 150 Å². The van der Waals surface area contributed by atoms with Crippen LogP contribution in [0.3, 0.4) is 0 Å². The summed E-state index contributed by atoms with van der Waals surface area (Å²) in [4.78, 5) is 29.6. The van der Waals surface area contributed by atoms with Gasteiger partial charge in [0.2, 0.25) is 5.91 Å². The molecule has 0 aliphatic carbocycles. The second-order valence-electron chi connectivity index (χ2n) is 5.87. The van der Waals surface area contributed by atoms with Crippen molar-refractivity contribution in [3.63, 3.8) is 0 Å². The quantitative estimate of drug-likeness (QED) is 0.841. The zero-order chi connectivity index (χ0) is 17.1. The van der Waals surface area contributed by atoms with E-state index >= 15 is 0 Å². The molecule has 24 heavy (non-hydrogen) atoms. The fourth-order valence-corrected chi connectivity index (χ4v) is 3.93. The molecule has 126 valence electrons. The van der Waals surface area contributed by atoms with Crippen molar-refractivity contribution >= 4 is 34.8 Å². The highest BCUT2D eigenvalue weighted by Gasteiger charge is 2.25. The summed E-state index contributed by atoms with van der Waals surface area (Å²) in [6.07, 6.45) is 0.378. The van der Waals surface area contributed by atoms with Gasteiger partial charge in [-0.15, -0.1) is 11.3 Å². The van der Waals surface area contributed by atoms with Gasteiger partial charge in [0.25, 0.3) is 5.91 Å². The normalized spacial score (nSPS) is 14.8. The molecular weight excluding hydrogens is 344 g/mol. The zero-order valence-corrected chi connectivity index (χ0v) is 15.1. The number of hydrogen-bond donors (Lipinski definition) is 0. The summed E-state index contributed by atoms with van der Waals surface area (Å²) in [6.45, 7) is 4.25. The number of hydrogen-bond acceptors (Lipinski definition) is 3. The summed E-state index contributed by atoms with van der Waals surface area (Å²) in [6, 6.07) is 11.3. The average Bonchev–Trinajstić information content (AvgIpc) is 2.99. The Balaban J connectivity index is 1.56. The lowest BCUT2D eigenvalue weighted by Crippen LogP contribution is -2.51. The van der Waals surface area contributed by atoms with Crippen molar-refractivity contribution < 1.29 is 9.59 Å². The standard InChI is InChI=1S/C18H19ClN2O2S/c1-13-4-2-3-5-15(13)18(23)21-10-8-20(9-11-21)17(22)12-14-6-7-16(19)24-14/h2-7H,8-12H2,1H3. The van der Waals surface area contributed by atoms with Gasteiger partial charge in [-0.05, 0) is 30.7 Å². The zero-order valence-electron chi connectivity index (χ0n) is 13.5. The molecule has 3 rings (SSSR count). The number of amides is 2. The summed E-state index contributed by atoms with van der Waals surface area (Å²) in [5.41, 5.74) is 1.72. The van der Waals surface area contributed by atoms with E-state index in [1.807, 2.05) is 53.1 Å². The minimum Gasteiger partial charge on any atom is -0.339 e. The SMILES string of the molecule is Cc1ccccc1C(=O)N1CCN(C(=O)Cc2ccc(Cl)s2)CC1. The number of rotatable bonds is 3. The largest absolute Gasteiger partial charge is 0.339 e. The molecule has 1 saturated heterocycles. The number of benzene rings is 1. The molecule has 0 bridgehead atoms. The van der Waals surface area contributed by atoms with Gasteiger partial charge >= 0.3 is 0 Å². The van der Waals surface area contributed by atoms with E-state index in [-0.39, 0.29) is 11.8 Å². The van der Waals surface area contributed by atoms with Crippen molar-refractivity contribution in [1.29, 1.82) is 0 Å². The number of carbonyl (C=O) groups is 2. The number of aryl methyl sites for hydroxylation is 1. The molecule has 0 atom stereocenters. The molecule has 2 aromatic rings. The molecule has 1 aliphatic heterocycles. The first-order valence-electron chi connectivity index (χ1n) is 7.91. The molecule has 2 amide bonds. The van der Waals surface area contributed by atoms with E-state index < -0.39 is 0 Å². The predicted octanol–water partition coefficient (Wildman–Crippen LogP) is 3.24. The van der Waals surface area contributed by atoms with Crippen LogP contribution in [0.2, 0.25) is 4.34 Å². The van der Waals surface area contributed by atoms with Crippen LogP contribution in [-0.4, -0.2) is 47.8 Å². The predicted molar refractivity (Wildman–Crippen MR) is 96.7 cm³/mol. The first-order chi connectivity index (χ1) is 11.5. The van der Waals surface area contributed by atoms with Crippen LogP contribution in [0.4, 0.5) is 0 Å². The van der Waals surface area contributed by atoms with Crippen LogP contribution in [0.5, 0.6) is 0 Å². The lowest BCUT2D eigenvalue weighted by molar-refractivity contribution is -0.131. The van der Waals surface area contributed by atoms with Crippen molar-refractivity contribution in [2.24, 2.45) is 0 Å². The van der Waals surface area contributed by atoms with Gasteiger partial charge in [-0.2, -0.15) is 0 Å². The van der Waals surface area contributed by atoms with Gasteiger partial charge in [0.1, 0.15) is 0 Å². The third-order valence-electron chi connectivity index (χ3n) is 4.25. The van der Waals surface area contributed by atoms with Crippen molar-refractivity contribution in [2.45, 2.75) is 13.3 Å². The molecule has 0 radical (unpaired) electrons. The van der Waals surface area contributed by atoms with Crippen LogP contribution in [0.1, 0.15) is 20.8 Å². The Bertz CT molecular complexity index is 751. The van der Waals surface area contributed by atoms with E-state index in [2.05, 4.69) is 0 Å². The van der Waals surface area contributed by atoms with Gasteiger partial charge in [-0.1, -0.05) is 29.8 Å². The number of carbonyl (C=O) groups excluding carboxylic acids is 2. The molecule has 0 N–H and O–H groups in total. The summed E-state index contributed by atoms with van der Waals surface area (Å²) >= 11 is 7.34. The Morgan fingerprint density at radius 2 is 1.71 bits per heavy atom. The molecule has 2 heterocycles. The summed E-state index contributed by atoms with van der Waals surface area (Å²) < 4.78 is 0.700. The molecule has 0 spiro atoms. The molecular formula is C18H19ClN2O2S. The summed E-state index contributed by atoms with van der Waals surface area (Å²) in [5.74, 6) is 0.141. The van der Waals surface area contributed by atoms with Crippen LogP contribution in [0.25, 0.3) is 0 Å². The van der Waals surface area contributed by atoms with Crippen molar-refractivity contribution in [1.82, 2.24) is 9.80 Å². The fraction of sp³-hybridized carbons (Fsp3) is 0.333. The second kappa shape index (κ2) is 7.36. The van der Waals surface area contributed by atoms with Gasteiger partial charge in [0.15, 0.2) is 0 Å². The summed E-state index contributed by atoms with van der Waals surface area (Å²) in [5, 5.41) is 0. The van der Waals surface area contributed by atoms with Crippen LogP contribution >= 0.6 is 22.9 Å². The van der Waals surface area contributed by atoms with E-state index in [0.29, 0.717) is 36.9 Å². The van der Waals surface area contributed by atoms with Crippen LogP contribution in [0.15, 0.2) is 36.4 Å². The monoisotopic (exact) mass is 362 g/mol. The first-order valence-corrected chi connectivity index (χ1v) is 9.11.